The molecular weight excluding hydrogens is 270 g/mol. The third kappa shape index (κ3) is 2.88. The molecule has 0 radical (unpaired) electrons. The summed E-state index contributed by atoms with van der Waals surface area (Å²) in [6, 6.07) is 8.01. The number of para-hydroxylation sites is 1. The molecule has 0 unspecified atom stereocenters. The summed E-state index contributed by atoms with van der Waals surface area (Å²) in [4.78, 5) is 19.3. The first-order chi connectivity index (χ1) is 9.83. The minimum absolute atomic E-state index is 0.0475. The fraction of sp³-hybridized carbons (Fsp3) is 0.200. The van der Waals surface area contributed by atoms with Gasteiger partial charge >= 0.3 is 0 Å². The summed E-state index contributed by atoms with van der Waals surface area (Å²) >= 11 is 1.61. The number of benzene rings is 1. The third-order valence-corrected chi connectivity index (χ3v) is 4.01. The van der Waals surface area contributed by atoms with Crippen molar-refractivity contribution >= 4 is 28.1 Å². The fourth-order valence-electron chi connectivity index (χ4n) is 2.20. The maximum atomic E-state index is 11.9. The molecule has 102 valence electrons. The Morgan fingerprint density at radius 1 is 1.35 bits per heavy atom. The lowest BCUT2D eigenvalue weighted by molar-refractivity contribution is -0.120. The molecule has 2 aromatic heterocycles. The number of H-pyrrole nitrogens is 1. The van der Waals surface area contributed by atoms with Gasteiger partial charge in [-0.05, 0) is 11.6 Å². The number of aromatic nitrogens is 2. The molecule has 20 heavy (non-hydrogen) atoms. The zero-order valence-corrected chi connectivity index (χ0v) is 11.7. The average molecular weight is 285 g/mol. The number of carbonyl (C=O) groups excluding carboxylic acids is 1. The molecule has 1 amide bonds. The van der Waals surface area contributed by atoms with Crippen LogP contribution in [0.2, 0.25) is 0 Å². The zero-order chi connectivity index (χ0) is 13.8. The minimum atomic E-state index is 0.0475. The molecule has 0 fully saturated rings. The molecular formula is C15H15N3OS. The van der Waals surface area contributed by atoms with Crippen LogP contribution >= 0.6 is 11.3 Å². The quantitative estimate of drug-likeness (QED) is 0.757. The lowest BCUT2D eigenvalue weighted by Crippen LogP contribution is -2.27. The number of rotatable bonds is 5. The average Bonchev–Trinajstić information content (AvgIpc) is 3.09. The second kappa shape index (κ2) is 5.88. The number of carbonyl (C=O) groups is 1. The van der Waals surface area contributed by atoms with E-state index in [0.717, 1.165) is 27.9 Å². The van der Waals surface area contributed by atoms with Gasteiger partial charge in [0, 0.05) is 41.6 Å². The number of nitrogens with zero attached hydrogens (tertiary/aromatic N) is 1. The summed E-state index contributed by atoms with van der Waals surface area (Å²) < 4.78 is 0. The van der Waals surface area contributed by atoms with Crippen molar-refractivity contribution < 1.29 is 4.79 Å². The van der Waals surface area contributed by atoms with Gasteiger partial charge in [0.2, 0.25) is 5.91 Å². The molecule has 0 aliphatic carbocycles. The van der Waals surface area contributed by atoms with E-state index in [1.165, 1.54) is 0 Å². The number of amides is 1. The summed E-state index contributed by atoms with van der Waals surface area (Å²) in [6.07, 6.45) is 4.89. The van der Waals surface area contributed by atoms with Crippen molar-refractivity contribution in [1.82, 2.24) is 15.3 Å². The summed E-state index contributed by atoms with van der Waals surface area (Å²) in [5.74, 6) is 0.0475. The Hall–Kier alpha value is -2.14. The number of aromatic amines is 1. The van der Waals surface area contributed by atoms with Crippen LogP contribution in [0, 0.1) is 0 Å². The normalized spacial score (nSPS) is 10.8. The molecule has 0 saturated heterocycles. The van der Waals surface area contributed by atoms with E-state index in [2.05, 4.69) is 15.3 Å². The maximum Gasteiger partial charge on any atom is 0.224 e. The number of thiazole rings is 1. The van der Waals surface area contributed by atoms with Crippen LogP contribution in [0.1, 0.15) is 10.6 Å². The van der Waals surface area contributed by atoms with Crippen LogP contribution in [0.15, 0.2) is 42.0 Å². The molecule has 0 spiro atoms. The Labute approximate surface area is 120 Å². The van der Waals surface area contributed by atoms with Gasteiger partial charge in [0.25, 0.3) is 0 Å². The number of fused-ring (bicyclic) bond motifs is 1. The Balaban J connectivity index is 1.56. The van der Waals surface area contributed by atoms with E-state index in [9.17, 15) is 4.79 Å². The van der Waals surface area contributed by atoms with Crippen LogP contribution in [0.4, 0.5) is 0 Å². The summed E-state index contributed by atoms with van der Waals surface area (Å²) in [6.45, 7) is 0.634. The molecule has 5 heteroatoms. The van der Waals surface area contributed by atoms with E-state index in [1.807, 2.05) is 35.8 Å². The lowest BCUT2D eigenvalue weighted by atomic mass is 10.1. The molecule has 0 bridgehead atoms. The monoisotopic (exact) mass is 285 g/mol. The van der Waals surface area contributed by atoms with Crippen molar-refractivity contribution in [2.45, 2.75) is 12.8 Å². The summed E-state index contributed by atoms with van der Waals surface area (Å²) in [5, 5.41) is 7.05. The largest absolute Gasteiger partial charge is 0.361 e. The van der Waals surface area contributed by atoms with E-state index in [1.54, 1.807) is 17.5 Å². The highest BCUT2D eigenvalue weighted by Crippen LogP contribution is 2.17. The van der Waals surface area contributed by atoms with E-state index in [0.29, 0.717) is 13.0 Å². The zero-order valence-electron chi connectivity index (χ0n) is 10.9. The van der Waals surface area contributed by atoms with Crippen LogP contribution in [0.3, 0.4) is 0 Å². The first-order valence-corrected chi connectivity index (χ1v) is 7.41. The molecule has 0 atom stereocenters. The van der Waals surface area contributed by atoms with E-state index >= 15 is 0 Å². The van der Waals surface area contributed by atoms with Crippen LogP contribution < -0.4 is 5.32 Å². The van der Waals surface area contributed by atoms with Crippen molar-refractivity contribution in [1.29, 1.82) is 0 Å². The first kappa shape index (κ1) is 12.9. The fourth-order valence-corrected chi connectivity index (χ4v) is 2.82. The molecule has 0 aliphatic rings. The molecule has 3 aromatic rings. The van der Waals surface area contributed by atoms with Crippen molar-refractivity contribution in [3.05, 3.63) is 52.6 Å². The summed E-state index contributed by atoms with van der Waals surface area (Å²) in [5.41, 5.74) is 2.10. The highest BCUT2D eigenvalue weighted by atomic mass is 32.1. The number of hydrogen-bond donors (Lipinski definition) is 2. The van der Waals surface area contributed by atoms with Crippen molar-refractivity contribution in [3.63, 3.8) is 0 Å². The Morgan fingerprint density at radius 3 is 3.10 bits per heavy atom. The van der Waals surface area contributed by atoms with Crippen LogP contribution in [-0.2, 0) is 17.6 Å². The molecule has 2 N–H and O–H groups in total. The van der Waals surface area contributed by atoms with Gasteiger partial charge < -0.3 is 10.3 Å². The smallest absolute Gasteiger partial charge is 0.224 e. The topological polar surface area (TPSA) is 57.8 Å². The summed E-state index contributed by atoms with van der Waals surface area (Å²) in [7, 11) is 0. The molecule has 2 heterocycles. The van der Waals surface area contributed by atoms with Gasteiger partial charge in [-0.15, -0.1) is 11.3 Å². The molecule has 0 aliphatic heterocycles. The highest BCUT2D eigenvalue weighted by molar-refractivity contribution is 7.09. The molecule has 4 nitrogen and oxygen atoms in total. The molecule has 1 aromatic carbocycles. The van der Waals surface area contributed by atoms with E-state index < -0.39 is 0 Å². The van der Waals surface area contributed by atoms with Gasteiger partial charge in [0.15, 0.2) is 0 Å². The first-order valence-electron chi connectivity index (χ1n) is 6.53. The van der Waals surface area contributed by atoms with Gasteiger partial charge in [-0.1, -0.05) is 18.2 Å². The molecule has 3 rings (SSSR count). The predicted molar refractivity (Wildman–Crippen MR) is 80.8 cm³/mol. The van der Waals surface area contributed by atoms with Crippen LogP contribution in [0.25, 0.3) is 10.9 Å². The lowest BCUT2D eigenvalue weighted by Gasteiger charge is -2.03. The van der Waals surface area contributed by atoms with Crippen LogP contribution in [-0.4, -0.2) is 22.4 Å². The Bertz CT molecular complexity index is 703. The van der Waals surface area contributed by atoms with Gasteiger partial charge in [-0.2, -0.15) is 0 Å². The van der Waals surface area contributed by atoms with E-state index in [4.69, 9.17) is 0 Å². The van der Waals surface area contributed by atoms with Crippen molar-refractivity contribution in [2.75, 3.05) is 6.54 Å². The molecule has 0 saturated carbocycles. The SMILES string of the molecule is O=C(Cc1c[nH]c2ccccc12)NCCc1nccs1. The van der Waals surface area contributed by atoms with E-state index in [-0.39, 0.29) is 5.91 Å². The predicted octanol–water partition coefficient (Wildman–Crippen LogP) is 2.53. The van der Waals surface area contributed by atoms with Gasteiger partial charge in [0.05, 0.1) is 11.4 Å². The number of hydrogen-bond acceptors (Lipinski definition) is 3. The Kier molecular flexibility index (Phi) is 3.78. The second-order valence-corrected chi connectivity index (χ2v) is 5.54. The van der Waals surface area contributed by atoms with Crippen molar-refractivity contribution in [2.24, 2.45) is 0 Å². The van der Waals surface area contributed by atoms with Gasteiger partial charge in [0.1, 0.15) is 0 Å². The third-order valence-electron chi connectivity index (χ3n) is 3.17. The second-order valence-electron chi connectivity index (χ2n) is 4.56. The maximum absolute atomic E-state index is 11.9. The van der Waals surface area contributed by atoms with Gasteiger partial charge in [-0.3, -0.25) is 4.79 Å². The minimum Gasteiger partial charge on any atom is -0.361 e. The van der Waals surface area contributed by atoms with Gasteiger partial charge in [-0.25, -0.2) is 4.98 Å². The highest BCUT2D eigenvalue weighted by Gasteiger charge is 2.08. The number of nitrogens with one attached hydrogen (secondary N) is 2. The Morgan fingerprint density at radius 2 is 2.25 bits per heavy atom. The van der Waals surface area contributed by atoms with Crippen LogP contribution in [0.5, 0.6) is 0 Å². The van der Waals surface area contributed by atoms with Crippen molar-refractivity contribution in [3.8, 4) is 0 Å². The standard InChI is InChI=1S/C15H15N3OS/c19-14(16-6-5-15-17-7-8-20-15)9-11-10-18-13-4-2-1-3-12(11)13/h1-4,7-8,10,18H,5-6,9H2,(H,16,19).